The molecule has 1 aromatic heterocycles. The average molecular weight is 348 g/mol. The summed E-state index contributed by atoms with van der Waals surface area (Å²) in [6.07, 6.45) is 1.03. The Bertz CT molecular complexity index is 924. The molecule has 1 N–H and O–H groups in total. The van der Waals surface area contributed by atoms with Crippen molar-refractivity contribution in [1.29, 1.82) is 0 Å². The second kappa shape index (κ2) is 6.96. The SMILES string of the molecule is Cc1c(C(=O)N(C)CC2CCOC2)[nH]c2ccc(-c3ccccc3)cc12. The van der Waals surface area contributed by atoms with Crippen LogP contribution in [0.15, 0.2) is 48.5 Å². The number of ether oxygens (including phenoxy) is 1. The summed E-state index contributed by atoms with van der Waals surface area (Å²) in [7, 11) is 1.88. The van der Waals surface area contributed by atoms with Crippen LogP contribution < -0.4 is 0 Å². The normalized spacial score (nSPS) is 16.9. The van der Waals surface area contributed by atoms with Gasteiger partial charge in [0.05, 0.1) is 6.61 Å². The topological polar surface area (TPSA) is 45.3 Å². The third-order valence-electron chi connectivity index (χ3n) is 5.28. The Morgan fingerprint density at radius 1 is 1.19 bits per heavy atom. The number of fused-ring (bicyclic) bond motifs is 1. The summed E-state index contributed by atoms with van der Waals surface area (Å²) in [4.78, 5) is 18.1. The molecule has 1 atom stereocenters. The highest BCUT2D eigenvalue weighted by molar-refractivity contribution is 6.01. The van der Waals surface area contributed by atoms with Crippen LogP contribution in [0.3, 0.4) is 0 Å². The fourth-order valence-electron chi connectivity index (χ4n) is 3.74. The van der Waals surface area contributed by atoms with Gasteiger partial charge in [-0.3, -0.25) is 4.79 Å². The van der Waals surface area contributed by atoms with Crippen molar-refractivity contribution in [3.05, 3.63) is 59.8 Å². The summed E-state index contributed by atoms with van der Waals surface area (Å²) in [5, 5.41) is 1.10. The van der Waals surface area contributed by atoms with Gasteiger partial charge < -0.3 is 14.6 Å². The van der Waals surface area contributed by atoms with Crippen LogP contribution in [-0.4, -0.2) is 42.6 Å². The van der Waals surface area contributed by atoms with Crippen molar-refractivity contribution in [3.8, 4) is 11.1 Å². The number of aryl methyl sites for hydroxylation is 1. The van der Waals surface area contributed by atoms with Crippen molar-refractivity contribution in [1.82, 2.24) is 9.88 Å². The molecule has 1 fully saturated rings. The summed E-state index contributed by atoms with van der Waals surface area (Å²) in [5.74, 6) is 0.491. The Hall–Kier alpha value is -2.59. The number of rotatable bonds is 4. The molecule has 0 radical (unpaired) electrons. The van der Waals surface area contributed by atoms with E-state index in [0.717, 1.165) is 48.2 Å². The van der Waals surface area contributed by atoms with E-state index in [1.165, 1.54) is 5.56 Å². The van der Waals surface area contributed by atoms with Crippen LogP contribution >= 0.6 is 0 Å². The molecule has 1 aliphatic heterocycles. The van der Waals surface area contributed by atoms with Crippen LogP contribution in [-0.2, 0) is 4.74 Å². The van der Waals surface area contributed by atoms with Gasteiger partial charge in [0.15, 0.2) is 0 Å². The smallest absolute Gasteiger partial charge is 0.270 e. The first-order chi connectivity index (χ1) is 12.6. The Labute approximate surface area is 153 Å². The number of hydrogen-bond acceptors (Lipinski definition) is 2. The number of carbonyl (C=O) groups is 1. The van der Waals surface area contributed by atoms with Gasteiger partial charge in [-0.25, -0.2) is 0 Å². The Morgan fingerprint density at radius 3 is 2.73 bits per heavy atom. The van der Waals surface area contributed by atoms with Crippen LogP contribution in [0.2, 0.25) is 0 Å². The highest BCUT2D eigenvalue weighted by Crippen LogP contribution is 2.28. The van der Waals surface area contributed by atoms with Crippen LogP contribution in [0, 0.1) is 12.8 Å². The van der Waals surface area contributed by atoms with E-state index in [4.69, 9.17) is 4.74 Å². The lowest BCUT2D eigenvalue weighted by atomic mass is 10.0. The maximum absolute atomic E-state index is 12.9. The number of aromatic nitrogens is 1. The van der Waals surface area contributed by atoms with Gasteiger partial charge in [0, 0.05) is 37.0 Å². The van der Waals surface area contributed by atoms with E-state index in [1.807, 2.05) is 37.1 Å². The van der Waals surface area contributed by atoms with Crippen LogP contribution in [0.5, 0.6) is 0 Å². The molecule has 0 bridgehead atoms. The first kappa shape index (κ1) is 16.9. The van der Waals surface area contributed by atoms with Crippen molar-refractivity contribution >= 4 is 16.8 Å². The summed E-state index contributed by atoms with van der Waals surface area (Å²) in [5.41, 5.74) is 5.05. The standard InChI is InChI=1S/C22H24N2O2/c1-15-19-12-18(17-6-4-3-5-7-17)8-9-20(19)23-21(15)22(25)24(2)13-16-10-11-26-14-16/h3-9,12,16,23H,10-11,13-14H2,1-2H3. The van der Waals surface area contributed by atoms with Crippen molar-refractivity contribution in [3.63, 3.8) is 0 Å². The summed E-state index contributed by atoms with van der Waals surface area (Å²) in [6, 6.07) is 16.6. The maximum Gasteiger partial charge on any atom is 0.270 e. The molecule has 4 rings (SSSR count). The average Bonchev–Trinajstić information content (AvgIpc) is 3.29. The number of aromatic amines is 1. The summed E-state index contributed by atoms with van der Waals surface area (Å²) in [6.45, 7) is 4.32. The summed E-state index contributed by atoms with van der Waals surface area (Å²) < 4.78 is 5.42. The van der Waals surface area contributed by atoms with Gasteiger partial charge in [0.2, 0.25) is 0 Å². The van der Waals surface area contributed by atoms with Crippen LogP contribution in [0.4, 0.5) is 0 Å². The summed E-state index contributed by atoms with van der Waals surface area (Å²) >= 11 is 0. The Morgan fingerprint density at radius 2 is 2.00 bits per heavy atom. The second-order valence-corrected chi connectivity index (χ2v) is 7.17. The molecule has 1 saturated heterocycles. The number of amides is 1. The number of nitrogens with one attached hydrogen (secondary N) is 1. The molecule has 4 heteroatoms. The van der Waals surface area contributed by atoms with E-state index >= 15 is 0 Å². The largest absolute Gasteiger partial charge is 0.381 e. The molecule has 26 heavy (non-hydrogen) atoms. The lowest BCUT2D eigenvalue weighted by Crippen LogP contribution is -2.32. The number of hydrogen-bond donors (Lipinski definition) is 1. The molecule has 0 saturated carbocycles. The molecule has 0 spiro atoms. The number of nitrogens with zero attached hydrogens (tertiary/aromatic N) is 1. The molecule has 1 aliphatic rings. The van der Waals surface area contributed by atoms with Crippen LogP contribution in [0.1, 0.15) is 22.5 Å². The van der Waals surface area contributed by atoms with E-state index in [2.05, 4.69) is 35.3 Å². The fraction of sp³-hybridized carbons (Fsp3) is 0.318. The molecule has 3 aromatic rings. The fourth-order valence-corrected chi connectivity index (χ4v) is 3.74. The van der Waals surface area contributed by atoms with Crippen LogP contribution in [0.25, 0.3) is 22.0 Å². The minimum absolute atomic E-state index is 0.0480. The van der Waals surface area contributed by atoms with E-state index in [9.17, 15) is 4.79 Å². The van der Waals surface area contributed by atoms with Crippen molar-refractivity contribution < 1.29 is 9.53 Å². The van der Waals surface area contributed by atoms with Gasteiger partial charge in [0.1, 0.15) is 5.69 Å². The number of carbonyl (C=O) groups excluding carboxylic acids is 1. The predicted molar refractivity (Wildman–Crippen MR) is 104 cm³/mol. The molecule has 0 aliphatic carbocycles. The molecule has 134 valence electrons. The first-order valence-electron chi connectivity index (χ1n) is 9.14. The van der Waals surface area contributed by atoms with Gasteiger partial charge in [0.25, 0.3) is 5.91 Å². The Kier molecular flexibility index (Phi) is 4.51. The zero-order chi connectivity index (χ0) is 18.1. The lowest BCUT2D eigenvalue weighted by Gasteiger charge is -2.20. The Balaban J connectivity index is 1.63. The number of benzene rings is 2. The first-order valence-corrected chi connectivity index (χ1v) is 9.14. The molecule has 1 unspecified atom stereocenters. The van der Waals surface area contributed by atoms with Gasteiger partial charge in [-0.15, -0.1) is 0 Å². The molecule has 4 nitrogen and oxygen atoms in total. The van der Waals surface area contributed by atoms with Crippen molar-refractivity contribution in [2.24, 2.45) is 5.92 Å². The highest BCUT2D eigenvalue weighted by Gasteiger charge is 2.23. The molecular formula is C22H24N2O2. The zero-order valence-corrected chi connectivity index (χ0v) is 15.3. The monoisotopic (exact) mass is 348 g/mol. The predicted octanol–water partition coefficient (Wildman–Crippen LogP) is 4.25. The lowest BCUT2D eigenvalue weighted by molar-refractivity contribution is 0.0760. The molecular weight excluding hydrogens is 324 g/mol. The van der Waals surface area contributed by atoms with E-state index in [-0.39, 0.29) is 5.91 Å². The highest BCUT2D eigenvalue weighted by atomic mass is 16.5. The van der Waals surface area contributed by atoms with Gasteiger partial charge in [-0.2, -0.15) is 0 Å². The minimum atomic E-state index is 0.0480. The van der Waals surface area contributed by atoms with Crippen molar-refractivity contribution in [2.75, 3.05) is 26.8 Å². The minimum Gasteiger partial charge on any atom is -0.381 e. The van der Waals surface area contributed by atoms with Gasteiger partial charge >= 0.3 is 0 Å². The third kappa shape index (κ3) is 3.13. The van der Waals surface area contributed by atoms with E-state index < -0.39 is 0 Å². The quantitative estimate of drug-likeness (QED) is 0.766. The number of H-pyrrole nitrogens is 1. The van der Waals surface area contributed by atoms with Gasteiger partial charge in [-0.1, -0.05) is 36.4 Å². The van der Waals surface area contributed by atoms with Crippen molar-refractivity contribution in [2.45, 2.75) is 13.3 Å². The molecule has 2 aromatic carbocycles. The maximum atomic E-state index is 12.9. The molecule has 2 heterocycles. The molecule has 1 amide bonds. The second-order valence-electron chi connectivity index (χ2n) is 7.17. The van der Waals surface area contributed by atoms with Gasteiger partial charge in [-0.05, 0) is 42.2 Å². The van der Waals surface area contributed by atoms with E-state index in [0.29, 0.717) is 11.6 Å². The van der Waals surface area contributed by atoms with E-state index in [1.54, 1.807) is 0 Å². The zero-order valence-electron chi connectivity index (χ0n) is 15.3. The third-order valence-corrected chi connectivity index (χ3v) is 5.28.